The van der Waals surface area contributed by atoms with E-state index >= 15 is 0 Å². The second-order valence-electron chi connectivity index (χ2n) is 5.14. The predicted molar refractivity (Wildman–Crippen MR) is 79.2 cm³/mol. The van der Waals surface area contributed by atoms with E-state index in [1.54, 1.807) is 6.20 Å². The Labute approximate surface area is 119 Å². The van der Waals surface area contributed by atoms with Gasteiger partial charge in [0.15, 0.2) is 0 Å². The molecule has 1 atom stereocenters. The van der Waals surface area contributed by atoms with Gasteiger partial charge in [0.05, 0.1) is 30.8 Å². The van der Waals surface area contributed by atoms with Crippen LogP contribution in [0, 0.1) is 0 Å². The molecule has 0 bridgehead atoms. The molecule has 0 saturated heterocycles. The summed E-state index contributed by atoms with van der Waals surface area (Å²) < 4.78 is 5.63. The fourth-order valence-corrected chi connectivity index (χ4v) is 2.55. The molecule has 0 amide bonds. The van der Waals surface area contributed by atoms with Crippen molar-refractivity contribution in [2.75, 3.05) is 18.9 Å². The maximum absolute atomic E-state index is 5.77. The van der Waals surface area contributed by atoms with Gasteiger partial charge in [-0.05, 0) is 11.6 Å². The number of nitrogens with one attached hydrogen (secondary N) is 1. The number of hydrogen-bond acceptors (Lipinski definition) is 4. The summed E-state index contributed by atoms with van der Waals surface area (Å²) in [5, 5.41) is 3.48. The molecule has 104 valence electrons. The number of nitrogens with two attached hydrogens (primary N) is 1. The number of pyridine rings is 1. The molecule has 0 spiro atoms. The first-order valence-electron chi connectivity index (χ1n) is 6.89. The minimum atomic E-state index is 0.295. The van der Waals surface area contributed by atoms with Crippen molar-refractivity contribution in [2.24, 2.45) is 0 Å². The SMILES string of the molecule is Nc1cnc2c(c1)COCC2CNCc1ccccc1. The van der Waals surface area contributed by atoms with E-state index in [1.165, 1.54) is 5.56 Å². The van der Waals surface area contributed by atoms with Crippen LogP contribution in [0.15, 0.2) is 42.6 Å². The summed E-state index contributed by atoms with van der Waals surface area (Å²) >= 11 is 0. The Hall–Kier alpha value is -1.91. The Morgan fingerprint density at radius 1 is 1.30 bits per heavy atom. The van der Waals surface area contributed by atoms with Gasteiger partial charge in [0, 0.05) is 24.6 Å². The molecule has 1 aliphatic rings. The van der Waals surface area contributed by atoms with E-state index in [4.69, 9.17) is 10.5 Å². The predicted octanol–water partition coefficient (Wildman–Crippen LogP) is 2.07. The fourth-order valence-electron chi connectivity index (χ4n) is 2.55. The van der Waals surface area contributed by atoms with Crippen molar-refractivity contribution in [1.82, 2.24) is 10.3 Å². The highest BCUT2D eigenvalue weighted by molar-refractivity contribution is 5.41. The smallest absolute Gasteiger partial charge is 0.0735 e. The molecule has 4 heteroatoms. The number of aromatic nitrogens is 1. The normalized spacial score (nSPS) is 17.7. The van der Waals surface area contributed by atoms with E-state index in [0.717, 1.165) is 24.3 Å². The standard InChI is InChI=1S/C16H19N3O/c17-15-6-13-10-20-11-14(16(13)19-9-15)8-18-7-12-4-2-1-3-5-12/h1-6,9,14,18H,7-8,10-11,17H2. The van der Waals surface area contributed by atoms with E-state index in [2.05, 4.69) is 34.6 Å². The van der Waals surface area contributed by atoms with Crippen LogP contribution in [0.25, 0.3) is 0 Å². The van der Waals surface area contributed by atoms with Crippen molar-refractivity contribution in [3.8, 4) is 0 Å². The first kappa shape index (κ1) is 13.1. The topological polar surface area (TPSA) is 60.2 Å². The number of nitrogens with zero attached hydrogens (tertiary/aromatic N) is 1. The fraction of sp³-hybridized carbons (Fsp3) is 0.312. The van der Waals surface area contributed by atoms with Crippen LogP contribution in [0.4, 0.5) is 5.69 Å². The Morgan fingerprint density at radius 2 is 2.15 bits per heavy atom. The Balaban J connectivity index is 1.62. The Kier molecular flexibility index (Phi) is 3.95. The lowest BCUT2D eigenvalue weighted by Gasteiger charge is -2.25. The number of hydrogen-bond donors (Lipinski definition) is 2. The number of nitrogen functional groups attached to an aromatic ring is 1. The average Bonchev–Trinajstić information content (AvgIpc) is 2.48. The summed E-state index contributed by atoms with van der Waals surface area (Å²) in [6.45, 7) is 3.05. The number of benzene rings is 1. The first-order chi connectivity index (χ1) is 9.83. The summed E-state index contributed by atoms with van der Waals surface area (Å²) in [5.41, 5.74) is 9.99. The van der Waals surface area contributed by atoms with Crippen LogP contribution >= 0.6 is 0 Å². The van der Waals surface area contributed by atoms with Gasteiger partial charge >= 0.3 is 0 Å². The van der Waals surface area contributed by atoms with Crippen LogP contribution in [0.2, 0.25) is 0 Å². The van der Waals surface area contributed by atoms with Crippen LogP contribution in [0.3, 0.4) is 0 Å². The van der Waals surface area contributed by atoms with Crippen LogP contribution in [-0.4, -0.2) is 18.1 Å². The number of rotatable bonds is 4. The second kappa shape index (κ2) is 6.03. The summed E-state index contributed by atoms with van der Waals surface area (Å²) in [4.78, 5) is 4.48. The molecule has 3 N–H and O–H groups in total. The van der Waals surface area contributed by atoms with Crippen LogP contribution in [0.1, 0.15) is 22.7 Å². The molecule has 1 aromatic heterocycles. The Morgan fingerprint density at radius 3 is 3.00 bits per heavy atom. The van der Waals surface area contributed by atoms with Gasteiger partial charge in [0.1, 0.15) is 0 Å². The van der Waals surface area contributed by atoms with E-state index in [9.17, 15) is 0 Å². The molecule has 1 unspecified atom stereocenters. The lowest BCUT2D eigenvalue weighted by Crippen LogP contribution is -2.28. The molecular weight excluding hydrogens is 250 g/mol. The number of fused-ring (bicyclic) bond motifs is 1. The number of anilines is 1. The van der Waals surface area contributed by atoms with Gasteiger partial charge in [-0.25, -0.2) is 0 Å². The van der Waals surface area contributed by atoms with Crippen molar-refractivity contribution in [3.63, 3.8) is 0 Å². The summed E-state index contributed by atoms with van der Waals surface area (Å²) in [5.74, 6) is 0.295. The molecule has 2 aromatic rings. The minimum Gasteiger partial charge on any atom is -0.397 e. The van der Waals surface area contributed by atoms with Crippen molar-refractivity contribution in [2.45, 2.75) is 19.1 Å². The molecular formula is C16H19N3O. The lowest BCUT2D eigenvalue weighted by atomic mass is 9.98. The second-order valence-corrected chi connectivity index (χ2v) is 5.14. The quantitative estimate of drug-likeness (QED) is 0.892. The molecule has 0 saturated carbocycles. The minimum absolute atomic E-state index is 0.295. The summed E-state index contributed by atoms with van der Waals surface area (Å²) in [7, 11) is 0. The van der Waals surface area contributed by atoms with Crippen LogP contribution in [0.5, 0.6) is 0 Å². The van der Waals surface area contributed by atoms with Gasteiger partial charge in [0.25, 0.3) is 0 Å². The molecule has 0 aliphatic carbocycles. The maximum Gasteiger partial charge on any atom is 0.0735 e. The summed E-state index contributed by atoms with van der Waals surface area (Å²) in [6.07, 6.45) is 1.73. The molecule has 1 aliphatic heterocycles. The van der Waals surface area contributed by atoms with Gasteiger partial charge in [-0.15, -0.1) is 0 Å². The first-order valence-corrected chi connectivity index (χ1v) is 6.89. The van der Waals surface area contributed by atoms with Gasteiger partial charge in [-0.3, -0.25) is 4.98 Å². The molecule has 0 fully saturated rings. The molecule has 3 rings (SSSR count). The molecule has 1 aromatic carbocycles. The average molecular weight is 269 g/mol. The molecule has 20 heavy (non-hydrogen) atoms. The third-order valence-electron chi connectivity index (χ3n) is 3.55. The van der Waals surface area contributed by atoms with Crippen molar-refractivity contribution < 1.29 is 4.74 Å². The molecule has 0 radical (unpaired) electrons. The van der Waals surface area contributed by atoms with Gasteiger partial charge < -0.3 is 15.8 Å². The van der Waals surface area contributed by atoms with Crippen molar-refractivity contribution in [3.05, 3.63) is 59.4 Å². The monoisotopic (exact) mass is 269 g/mol. The van der Waals surface area contributed by atoms with E-state index < -0.39 is 0 Å². The zero-order chi connectivity index (χ0) is 13.8. The molecule has 2 heterocycles. The zero-order valence-electron chi connectivity index (χ0n) is 11.4. The van der Waals surface area contributed by atoms with Crippen molar-refractivity contribution in [1.29, 1.82) is 0 Å². The van der Waals surface area contributed by atoms with Crippen molar-refractivity contribution >= 4 is 5.69 Å². The third-order valence-corrected chi connectivity index (χ3v) is 3.55. The van der Waals surface area contributed by atoms with E-state index in [-0.39, 0.29) is 0 Å². The van der Waals surface area contributed by atoms with Gasteiger partial charge in [0.2, 0.25) is 0 Å². The highest BCUT2D eigenvalue weighted by Crippen LogP contribution is 2.25. The highest BCUT2D eigenvalue weighted by Gasteiger charge is 2.22. The zero-order valence-corrected chi connectivity index (χ0v) is 11.4. The van der Waals surface area contributed by atoms with E-state index in [0.29, 0.717) is 24.8 Å². The van der Waals surface area contributed by atoms with Gasteiger partial charge in [-0.2, -0.15) is 0 Å². The summed E-state index contributed by atoms with van der Waals surface area (Å²) in [6, 6.07) is 12.4. The highest BCUT2D eigenvalue weighted by atomic mass is 16.5. The Bertz CT molecular complexity index is 571. The third kappa shape index (κ3) is 2.98. The number of ether oxygens (including phenoxy) is 1. The van der Waals surface area contributed by atoms with E-state index in [1.807, 2.05) is 12.1 Å². The van der Waals surface area contributed by atoms with Gasteiger partial charge in [-0.1, -0.05) is 30.3 Å². The molecule has 4 nitrogen and oxygen atoms in total. The van der Waals surface area contributed by atoms with Crippen LogP contribution < -0.4 is 11.1 Å². The lowest BCUT2D eigenvalue weighted by molar-refractivity contribution is 0.0887. The van der Waals surface area contributed by atoms with Crippen LogP contribution in [-0.2, 0) is 17.9 Å². The largest absolute Gasteiger partial charge is 0.397 e. The maximum atomic E-state index is 5.77.